The van der Waals surface area contributed by atoms with Crippen LogP contribution in [0.5, 0.6) is 0 Å². The highest BCUT2D eigenvalue weighted by Gasteiger charge is 2.20. The first-order chi connectivity index (χ1) is 16.0. The number of carbonyl (C=O) groups is 3. The van der Waals surface area contributed by atoms with Gasteiger partial charge in [-0.25, -0.2) is 9.18 Å². The number of hydrogen-bond acceptors (Lipinski definition) is 4. The highest BCUT2D eigenvalue weighted by atomic mass is 19.1. The Morgan fingerprint density at radius 3 is 2.33 bits per heavy atom. The fraction of sp³-hybridized carbons (Fsp3) is 0.115. The van der Waals surface area contributed by atoms with Crippen LogP contribution in [0.1, 0.15) is 33.2 Å². The molecule has 1 aromatic heterocycles. The summed E-state index contributed by atoms with van der Waals surface area (Å²) in [4.78, 5) is 37.5. The monoisotopic (exact) mass is 444 g/mol. The van der Waals surface area contributed by atoms with Gasteiger partial charge in [0.05, 0.1) is 17.7 Å². The van der Waals surface area contributed by atoms with E-state index in [9.17, 15) is 18.8 Å². The van der Waals surface area contributed by atoms with Crippen LogP contribution in [-0.2, 0) is 16.1 Å². The van der Waals surface area contributed by atoms with Crippen LogP contribution >= 0.6 is 0 Å². The molecular formula is C26H21FN2O4. The number of carbonyl (C=O) groups excluding carboxylic acids is 3. The van der Waals surface area contributed by atoms with Crippen molar-refractivity contribution >= 4 is 34.3 Å². The number of fused-ring (bicyclic) bond motifs is 1. The predicted molar refractivity (Wildman–Crippen MR) is 123 cm³/mol. The molecule has 1 N–H and O–H groups in total. The molecule has 0 fully saturated rings. The van der Waals surface area contributed by atoms with Crippen LogP contribution in [0.25, 0.3) is 10.9 Å². The van der Waals surface area contributed by atoms with E-state index in [0.717, 1.165) is 0 Å². The maximum absolute atomic E-state index is 14.2. The second-order valence-corrected chi connectivity index (χ2v) is 7.34. The summed E-state index contributed by atoms with van der Waals surface area (Å²) in [7, 11) is 0. The fourth-order valence-electron chi connectivity index (χ4n) is 3.61. The van der Waals surface area contributed by atoms with Gasteiger partial charge in [-0.05, 0) is 49.4 Å². The first-order valence-electron chi connectivity index (χ1n) is 10.4. The van der Waals surface area contributed by atoms with Crippen molar-refractivity contribution in [3.63, 3.8) is 0 Å². The number of esters is 1. The average molecular weight is 444 g/mol. The third-order valence-electron chi connectivity index (χ3n) is 5.15. The zero-order valence-electron chi connectivity index (χ0n) is 17.9. The molecule has 0 radical (unpaired) electrons. The number of rotatable bonds is 7. The Hall–Kier alpha value is -4.26. The van der Waals surface area contributed by atoms with Gasteiger partial charge in [0.2, 0.25) is 5.91 Å². The second kappa shape index (κ2) is 9.48. The van der Waals surface area contributed by atoms with Crippen LogP contribution < -0.4 is 5.32 Å². The molecule has 0 bridgehead atoms. The molecule has 0 atom stereocenters. The van der Waals surface area contributed by atoms with Crippen LogP contribution in [0.2, 0.25) is 0 Å². The molecule has 0 aliphatic carbocycles. The lowest BCUT2D eigenvalue weighted by Crippen LogP contribution is -2.18. The molecule has 0 saturated heterocycles. The first kappa shape index (κ1) is 22.0. The van der Waals surface area contributed by atoms with Crippen LogP contribution in [0, 0.1) is 5.82 Å². The summed E-state index contributed by atoms with van der Waals surface area (Å²) in [5.74, 6) is -1.79. The molecule has 3 aromatic carbocycles. The first-order valence-corrected chi connectivity index (χ1v) is 10.4. The molecular weight excluding hydrogens is 423 g/mol. The van der Waals surface area contributed by atoms with Crippen molar-refractivity contribution < 1.29 is 23.5 Å². The number of nitrogens with zero attached hydrogens (tertiary/aromatic N) is 1. The van der Waals surface area contributed by atoms with Gasteiger partial charge < -0.3 is 14.6 Å². The van der Waals surface area contributed by atoms with Crippen LogP contribution in [0.4, 0.5) is 10.1 Å². The van der Waals surface area contributed by atoms with Crippen LogP contribution in [0.3, 0.4) is 0 Å². The van der Waals surface area contributed by atoms with E-state index < -0.39 is 17.6 Å². The van der Waals surface area contributed by atoms with E-state index in [-0.39, 0.29) is 24.6 Å². The maximum Gasteiger partial charge on any atom is 0.338 e. The second-order valence-electron chi connectivity index (χ2n) is 7.34. The molecule has 0 saturated carbocycles. The third kappa shape index (κ3) is 4.67. The van der Waals surface area contributed by atoms with Gasteiger partial charge >= 0.3 is 5.97 Å². The number of halogens is 1. The minimum Gasteiger partial charge on any atom is -0.462 e. The molecule has 4 rings (SSSR count). The van der Waals surface area contributed by atoms with Gasteiger partial charge in [0, 0.05) is 28.4 Å². The van der Waals surface area contributed by atoms with Gasteiger partial charge in [0.1, 0.15) is 12.4 Å². The Bertz CT molecular complexity index is 1340. The third-order valence-corrected chi connectivity index (χ3v) is 5.15. The standard InChI is InChI=1S/C26H21FN2O4/c1-2-33-26(32)17-11-13-18(14-12-17)28-24(30)16-29-15-21(19-7-4-6-10-23(19)29)25(31)20-8-3-5-9-22(20)27/h3-15H,2,16H2,1H3,(H,28,30). The number of anilines is 1. The van der Waals surface area contributed by atoms with E-state index in [1.54, 1.807) is 66.2 Å². The Balaban J connectivity index is 1.56. The lowest BCUT2D eigenvalue weighted by atomic mass is 10.0. The molecule has 33 heavy (non-hydrogen) atoms. The minimum atomic E-state index is -0.594. The Morgan fingerprint density at radius 1 is 0.909 bits per heavy atom. The van der Waals surface area contributed by atoms with Crippen molar-refractivity contribution in [2.75, 3.05) is 11.9 Å². The molecule has 4 aromatic rings. The van der Waals surface area contributed by atoms with Crippen molar-refractivity contribution in [1.82, 2.24) is 4.57 Å². The fourth-order valence-corrected chi connectivity index (χ4v) is 3.61. The molecule has 1 amide bonds. The van der Waals surface area contributed by atoms with E-state index in [1.165, 1.54) is 18.2 Å². The van der Waals surface area contributed by atoms with E-state index in [0.29, 0.717) is 27.7 Å². The number of ketones is 1. The molecule has 6 nitrogen and oxygen atoms in total. The van der Waals surface area contributed by atoms with Crippen LogP contribution in [-0.4, -0.2) is 28.8 Å². The van der Waals surface area contributed by atoms with Crippen molar-refractivity contribution in [2.24, 2.45) is 0 Å². The van der Waals surface area contributed by atoms with Crippen molar-refractivity contribution in [3.05, 3.63) is 102 Å². The van der Waals surface area contributed by atoms with Gasteiger partial charge in [0.15, 0.2) is 5.78 Å². The lowest BCUT2D eigenvalue weighted by molar-refractivity contribution is -0.116. The highest BCUT2D eigenvalue weighted by Crippen LogP contribution is 2.25. The summed E-state index contributed by atoms with van der Waals surface area (Å²) >= 11 is 0. The normalized spacial score (nSPS) is 10.7. The molecule has 1 heterocycles. The van der Waals surface area contributed by atoms with Gasteiger partial charge in [-0.1, -0.05) is 30.3 Å². The lowest BCUT2D eigenvalue weighted by Gasteiger charge is -2.08. The summed E-state index contributed by atoms with van der Waals surface area (Å²) < 4.78 is 20.8. The molecule has 0 spiro atoms. The maximum atomic E-state index is 14.2. The minimum absolute atomic E-state index is 0.0217. The quantitative estimate of drug-likeness (QED) is 0.327. The highest BCUT2D eigenvalue weighted by molar-refractivity contribution is 6.16. The van der Waals surface area contributed by atoms with Gasteiger partial charge in [0.25, 0.3) is 0 Å². The van der Waals surface area contributed by atoms with Crippen molar-refractivity contribution in [1.29, 1.82) is 0 Å². The number of hydrogen-bond donors (Lipinski definition) is 1. The molecule has 166 valence electrons. The Kier molecular flexibility index (Phi) is 6.31. The zero-order valence-corrected chi connectivity index (χ0v) is 17.9. The average Bonchev–Trinajstić information content (AvgIpc) is 3.18. The summed E-state index contributed by atoms with van der Waals surface area (Å²) in [6, 6.07) is 19.4. The number of para-hydroxylation sites is 1. The smallest absolute Gasteiger partial charge is 0.338 e. The largest absolute Gasteiger partial charge is 0.462 e. The van der Waals surface area contributed by atoms with E-state index in [2.05, 4.69) is 5.32 Å². The molecule has 0 aliphatic heterocycles. The number of aromatic nitrogens is 1. The van der Waals surface area contributed by atoms with E-state index in [4.69, 9.17) is 4.74 Å². The van der Waals surface area contributed by atoms with Crippen LogP contribution in [0.15, 0.2) is 79.0 Å². The summed E-state index contributed by atoms with van der Waals surface area (Å²) in [6.45, 7) is 1.96. The van der Waals surface area contributed by atoms with E-state index in [1.807, 2.05) is 6.07 Å². The number of ether oxygens (including phenoxy) is 1. The molecule has 0 aliphatic rings. The van der Waals surface area contributed by atoms with E-state index >= 15 is 0 Å². The summed E-state index contributed by atoms with van der Waals surface area (Å²) in [6.07, 6.45) is 1.57. The van der Waals surface area contributed by atoms with Gasteiger partial charge in [-0.15, -0.1) is 0 Å². The number of benzene rings is 3. The SMILES string of the molecule is CCOC(=O)c1ccc(NC(=O)Cn2cc(C(=O)c3ccccc3F)c3ccccc32)cc1. The number of amides is 1. The zero-order chi connectivity index (χ0) is 23.4. The van der Waals surface area contributed by atoms with Crippen molar-refractivity contribution in [3.8, 4) is 0 Å². The Labute approximate surface area is 189 Å². The number of nitrogens with one attached hydrogen (secondary N) is 1. The van der Waals surface area contributed by atoms with Crippen molar-refractivity contribution in [2.45, 2.75) is 13.5 Å². The topological polar surface area (TPSA) is 77.4 Å². The summed E-state index contributed by atoms with van der Waals surface area (Å²) in [5.41, 5.74) is 1.90. The molecule has 0 unspecified atom stereocenters. The van der Waals surface area contributed by atoms with Gasteiger partial charge in [-0.3, -0.25) is 9.59 Å². The predicted octanol–water partition coefficient (Wildman–Crippen LogP) is 4.83. The van der Waals surface area contributed by atoms with Gasteiger partial charge in [-0.2, -0.15) is 0 Å². The summed E-state index contributed by atoms with van der Waals surface area (Å²) in [5, 5.41) is 3.41. The molecule has 7 heteroatoms. The Morgan fingerprint density at radius 2 is 1.61 bits per heavy atom.